The number of aliphatic hydroxyl groups is 2. The Morgan fingerprint density at radius 3 is 2.08 bits per heavy atom. The number of Topliss-reactive ketones (excluding diaryl/α,β-unsaturated/α-hetero) is 2. The van der Waals surface area contributed by atoms with Crippen LogP contribution in [-0.2, 0) is 20.8 Å². The molecular formula is C31H27BrF3N3O10. The molecule has 3 atom stereocenters. The minimum Gasteiger partial charge on any atom is -0.508 e. The number of carboxylic acid groups (broad SMARTS) is 1. The quantitative estimate of drug-likeness (QED) is 0.152. The summed E-state index contributed by atoms with van der Waals surface area (Å²) in [5.41, 5.74) is 2.33. The number of hydrogen-bond donors (Lipinski definition) is 7. The van der Waals surface area contributed by atoms with Crippen molar-refractivity contribution in [2.45, 2.75) is 31.2 Å². The number of anilines is 1. The maximum absolute atomic E-state index is 14.0. The summed E-state index contributed by atoms with van der Waals surface area (Å²) < 4.78 is 32.5. The van der Waals surface area contributed by atoms with Crippen LogP contribution in [0.1, 0.15) is 31.8 Å². The van der Waals surface area contributed by atoms with Crippen molar-refractivity contribution in [3.63, 3.8) is 0 Å². The van der Waals surface area contributed by atoms with Crippen LogP contribution >= 0.6 is 15.9 Å². The van der Waals surface area contributed by atoms with Gasteiger partial charge in [0.05, 0.1) is 22.7 Å². The summed E-state index contributed by atoms with van der Waals surface area (Å²) >= 11 is 3.30. The first-order valence-electron chi connectivity index (χ1n) is 13.7. The molecule has 13 nitrogen and oxygen atoms in total. The highest BCUT2D eigenvalue weighted by Gasteiger charge is 2.62. The number of alkyl halides is 3. The Bertz CT molecular complexity index is 1940. The molecule has 2 aliphatic rings. The molecule has 0 bridgehead atoms. The Morgan fingerprint density at radius 1 is 1.02 bits per heavy atom. The van der Waals surface area contributed by atoms with Gasteiger partial charge in [0.1, 0.15) is 17.1 Å². The molecule has 0 unspecified atom stereocenters. The number of aromatic hydroxyl groups is 2. The molecule has 8 N–H and O–H groups in total. The van der Waals surface area contributed by atoms with E-state index in [1.165, 1.54) is 25.1 Å². The number of nitrogens with one attached hydrogen (secondary N) is 1. The van der Waals surface area contributed by atoms with E-state index < -0.39 is 75.9 Å². The number of carboxylic acids is 1. The van der Waals surface area contributed by atoms with Crippen LogP contribution in [0.3, 0.4) is 0 Å². The highest BCUT2D eigenvalue weighted by molar-refractivity contribution is 9.10. The first kappa shape index (κ1) is 35.8. The summed E-state index contributed by atoms with van der Waals surface area (Å²) in [6.07, 6.45) is -5.22. The van der Waals surface area contributed by atoms with E-state index in [2.05, 4.69) is 21.2 Å². The van der Waals surface area contributed by atoms with Gasteiger partial charge in [0.2, 0.25) is 5.78 Å². The molecule has 3 aromatic rings. The number of carbonyl (C=O) groups excluding carboxylic acids is 4. The normalized spacial score (nSPS) is 20.5. The molecule has 48 heavy (non-hydrogen) atoms. The first-order valence-corrected chi connectivity index (χ1v) is 14.5. The van der Waals surface area contributed by atoms with Gasteiger partial charge in [-0.05, 0) is 74.3 Å². The molecule has 0 radical (unpaired) electrons. The number of aliphatic carboxylic acids is 1. The van der Waals surface area contributed by atoms with Crippen LogP contribution < -0.4 is 11.1 Å². The fourth-order valence-electron chi connectivity index (χ4n) is 5.98. The molecule has 0 fully saturated rings. The Morgan fingerprint density at radius 2 is 1.58 bits per heavy atom. The number of phenolic OH excluding ortho intramolecular Hbond substituents is 2. The third-order valence-corrected chi connectivity index (χ3v) is 8.77. The Kier molecular flexibility index (Phi) is 9.37. The number of ketones is 2. The molecule has 5 rings (SSSR count). The number of nitrogens with two attached hydrogens (primary N) is 1. The van der Waals surface area contributed by atoms with Crippen molar-refractivity contribution >= 4 is 61.7 Å². The number of carbonyl (C=O) groups is 5. The molecule has 0 saturated heterocycles. The zero-order valence-electron chi connectivity index (χ0n) is 25.1. The summed E-state index contributed by atoms with van der Waals surface area (Å²) in [5.74, 6) is -10.2. The fraction of sp³-hybridized carbons (Fsp3) is 0.258. The minimum absolute atomic E-state index is 0.0467. The van der Waals surface area contributed by atoms with Gasteiger partial charge < -0.3 is 36.6 Å². The summed E-state index contributed by atoms with van der Waals surface area (Å²) in [6, 6.07) is 8.31. The van der Waals surface area contributed by atoms with Gasteiger partial charge >= 0.3 is 12.1 Å². The maximum atomic E-state index is 14.0. The molecule has 0 heterocycles. The second-order valence-corrected chi connectivity index (χ2v) is 12.2. The van der Waals surface area contributed by atoms with E-state index in [0.29, 0.717) is 22.1 Å². The number of amides is 2. The SMILES string of the molecule is Cc1c2c(c(O)c3c(O)c(NC(=O)c4ccc(Br)cc4)ccc13)C(=O)[C@]1(O)C(O)=C(C(N)=O)C(=O)[C@@H](N(C)C)[C@@H]1C2.O=C(O)C(F)(F)F. The summed E-state index contributed by atoms with van der Waals surface area (Å²) in [5, 5.41) is 55.1. The zero-order valence-corrected chi connectivity index (χ0v) is 26.7. The van der Waals surface area contributed by atoms with Crippen LogP contribution in [0.2, 0.25) is 0 Å². The number of fused-ring (bicyclic) bond motifs is 3. The summed E-state index contributed by atoms with van der Waals surface area (Å²) in [7, 11) is 3.05. The third kappa shape index (κ3) is 5.84. The molecule has 0 saturated carbocycles. The molecular weight excluding hydrogens is 711 g/mol. The van der Waals surface area contributed by atoms with Crippen molar-refractivity contribution in [3.05, 3.63) is 74.5 Å². The van der Waals surface area contributed by atoms with E-state index in [1.54, 1.807) is 37.3 Å². The van der Waals surface area contributed by atoms with Gasteiger partial charge in [0.15, 0.2) is 17.1 Å². The molecule has 0 aromatic heterocycles. The Hall–Kier alpha value is -5.00. The number of hydrogen-bond acceptors (Lipinski definition) is 10. The fourth-order valence-corrected chi connectivity index (χ4v) is 6.24. The first-order chi connectivity index (χ1) is 22.2. The van der Waals surface area contributed by atoms with Crippen LogP contribution in [0, 0.1) is 12.8 Å². The van der Waals surface area contributed by atoms with E-state index in [1.807, 2.05) is 0 Å². The van der Waals surface area contributed by atoms with Crippen LogP contribution in [0.5, 0.6) is 11.5 Å². The number of nitrogens with zero attached hydrogens (tertiary/aromatic N) is 1. The van der Waals surface area contributed by atoms with Crippen LogP contribution in [-0.4, -0.2) is 91.7 Å². The second kappa shape index (κ2) is 12.6. The lowest BCUT2D eigenvalue weighted by Crippen LogP contribution is -2.64. The number of likely N-dealkylation sites (N-methyl/N-ethyl adjacent to an activating group) is 1. The largest absolute Gasteiger partial charge is 0.508 e. The molecule has 2 amide bonds. The van der Waals surface area contributed by atoms with Crippen molar-refractivity contribution in [2.24, 2.45) is 11.7 Å². The highest BCUT2D eigenvalue weighted by Crippen LogP contribution is 2.51. The lowest BCUT2D eigenvalue weighted by atomic mass is 9.61. The van der Waals surface area contributed by atoms with Gasteiger partial charge in [0, 0.05) is 16.0 Å². The van der Waals surface area contributed by atoms with Gasteiger partial charge in [-0.1, -0.05) is 22.0 Å². The average molecular weight is 738 g/mol. The van der Waals surface area contributed by atoms with Crippen molar-refractivity contribution in [1.82, 2.24) is 4.90 Å². The lowest BCUT2D eigenvalue weighted by molar-refractivity contribution is -0.192. The predicted molar refractivity (Wildman–Crippen MR) is 166 cm³/mol. The van der Waals surface area contributed by atoms with Gasteiger partial charge in [-0.25, -0.2) is 4.79 Å². The monoisotopic (exact) mass is 737 g/mol. The topological polar surface area (TPSA) is 228 Å². The number of rotatable bonds is 4. The van der Waals surface area contributed by atoms with E-state index in [4.69, 9.17) is 15.6 Å². The van der Waals surface area contributed by atoms with Crippen molar-refractivity contribution in [3.8, 4) is 11.5 Å². The van der Waals surface area contributed by atoms with E-state index in [-0.39, 0.29) is 23.1 Å². The predicted octanol–water partition coefficient (Wildman–Crippen LogP) is 3.10. The molecule has 254 valence electrons. The molecule has 0 spiro atoms. The molecule has 0 aliphatic heterocycles. The van der Waals surface area contributed by atoms with Crippen LogP contribution in [0.15, 0.2) is 52.2 Å². The smallest absolute Gasteiger partial charge is 0.490 e. The Balaban J connectivity index is 0.000000671. The van der Waals surface area contributed by atoms with Crippen molar-refractivity contribution in [2.75, 3.05) is 19.4 Å². The zero-order chi connectivity index (χ0) is 36.2. The van der Waals surface area contributed by atoms with Gasteiger partial charge in [-0.2, -0.15) is 13.2 Å². The third-order valence-electron chi connectivity index (χ3n) is 8.24. The average Bonchev–Trinajstić information content (AvgIpc) is 2.98. The number of halogens is 4. The molecule has 2 aliphatic carbocycles. The lowest BCUT2D eigenvalue weighted by Gasteiger charge is -2.47. The van der Waals surface area contributed by atoms with Crippen molar-refractivity contribution < 1.29 is 62.7 Å². The summed E-state index contributed by atoms with van der Waals surface area (Å²) in [4.78, 5) is 62.4. The number of aryl methyl sites for hydroxylation is 1. The minimum atomic E-state index is -5.08. The van der Waals surface area contributed by atoms with E-state index >= 15 is 0 Å². The van der Waals surface area contributed by atoms with Crippen molar-refractivity contribution in [1.29, 1.82) is 0 Å². The molecule has 3 aromatic carbocycles. The number of primary amides is 1. The van der Waals surface area contributed by atoms with E-state index in [9.17, 15) is 52.8 Å². The number of aliphatic hydroxyl groups excluding tert-OH is 1. The second-order valence-electron chi connectivity index (χ2n) is 11.2. The van der Waals surface area contributed by atoms with Gasteiger partial charge in [-0.3, -0.25) is 24.1 Å². The standard InChI is InChI=1S/C29H26BrN3O8.C2HF3O2/c1-11-14-8-9-17(32-28(40)12-4-6-13(30)7-5-12)22(34)18(14)23(35)19-15(11)10-16-21(33(2)3)24(36)20(27(31)39)26(38)29(16,41)25(19)37;3-2(4,5)1(6)7/h4-9,16,21,34-35,38,41H,10H2,1-3H3,(H2,31,39)(H,32,40);(H,6,7)/t16-,21-,29-;/m0./s1. The maximum Gasteiger partial charge on any atom is 0.490 e. The Labute approximate surface area is 277 Å². The van der Waals surface area contributed by atoms with Crippen LogP contribution in [0.4, 0.5) is 18.9 Å². The van der Waals surface area contributed by atoms with Gasteiger partial charge in [0.25, 0.3) is 11.8 Å². The highest BCUT2D eigenvalue weighted by atomic mass is 79.9. The van der Waals surface area contributed by atoms with E-state index in [0.717, 1.165) is 4.47 Å². The molecule has 17 heteroatoms. The van der Waals surface area contributed by atoms with Crippen LogP contribution in [0.25, 0.3) is 10.8 Å². The summed E-state index contributed by atoms with van der Waals surface area (Å²) in [6.45, 7) is 1.65. The number of benzene rings is 3. The van der Waals surface area contributed by atoms with Gasteiger partial charge in [-0.15, -0.1) is 0 Å². The number of phenols is 2.